The molecular formula is C22H28N2O6. The van der Waals surface area contributed by atoms with E-state index in [1.807, 2.05) is 60.7 Å². The van der Waals surface area contributed by atoms with Crippen LogP contribution in [0.1, 0.15) is 11.1 Å². The fourth-order valence-corrected chi connectivity index (χ4v) is 2.32. The molecule has 0 unspecified atom stereocenters. The number of carbonyl (C=O) groups is 2. The summed E-state index contributed by atoms with van der Waals surface area (Å²) < 4.78 is 20.9. The molecule has 2 rings (SSSR count). The van der Waals surface area contributed by atoms with Crippen molar-refractivity contribution in [2.75, 3.05) is 39.5 Å². The van der Waals surface area contributed by atoms with Crippen molar-refractivity contribution in [3.05, 3.63) is 71.8 Å². The average molecular weight is 416 g/mol. The molecule has 2 aromatic rings. The van der Waals surface area contributed by atoms with Gasteiger partial charge in [0.2, 0.25) is 0 Å². The Labute approximate surface area is 176 Å². The molecule has 8 heteroatoms. The van der Waals surface area contributed by atoms with E-state index >= 15 is 0 Å². The smallest absolute Gasteiger partial charge is 0.407 e. The van der Waals surface area contributed by atoms with Crippen LogP contribution in [0.15, 0.2) is 60.7 Å². The third-order valence-electron chi connectivity index (χ3n) is 3.83. The van der Waals surface area contributed by atoms with E-state index in [1.165, 1.54) is 0 Å². The number of ether oxygens (including phenoxy) is 4. The van der Waals surface area contributed by atoms with Gasteiger partial charge in [-0.15, -0.1) is 0 Å². The lowest BCUT2D eigenvalue weighted by Gasteiger charge is -2.09. The number of alkyl carbamates (subject to hydrolysis) is 2. The van der Waals surface area contributed by atoms with E-state index < -0.39 is 12.2 Å². The summed E-state index contributed by atoms with van der Waals surface area (Å²) in [5.41, 5.74) is 1.86. The summed E-state index contributed by atoms with van der Waals surface area (Å²) in [5.74, 6) is 0. The van der Waals surface area contributed by atoms with E-state index in [-0.39, 0.29) is 13.2 Å². The van der Waals surface area contributed by atoms with Gasteiger partial charge in [-0.25, -0.2) is 9.59 Å². The average Bonchev–Trinajstić information content (AvgIpc) is 2.79. The molecule has 0 saturated carbocycles. The lowest BCUT2D eigenvalue weighted by molar-refractivity contribution is 0.0485. The van der Waals surface area contributed by atoms with E-state index in [4.69, 9.17) is 18.9 Å². The van der Waals surface area contributed by atoms with Crippen LogP contribution in [0.3, 0.4) is 0 Å². The van der Waals surface area contributed by atoms with E-state index in [1.54, 1.807) is 0 Å². The molecule has 2 aromatic carbocycles. The second-order valence-corrected chi connectivity index (χ2v) is 6.20. The molecule has 2 N–H and O–H groups in total. The Morgan fingerprint density at radius 2 is 1.00 bits per heavy atom. The summed E-state index contributed by atoms with van der Waals surface area (Å²) in [6.45, 7) is 2.65. The molecule has 0 radical (unpaired) electrons. The topological polar surface area (TPSA) is 95.1 Å². The highest BCUT2D eigenvalue weighted by molar-refractivity contribution is 5.67. The van der Waals surface area contributed by atoms with Crippen molar-refractivity contribution in [2.24, 2.45) is 0 Å². The van der Waals surface area contributed by atoms with Crippen molar-refractivity contribution >= 4 is 12.2 Å². The first-order valence-corrected chi connectivity index (χ1v) is 9.78. The van der Waals surface area contributed by atoms with Gasteiger partial charge in [0.25, 0.3) is 0 Å². The number of hydrogen-bond donors (Lipinski definition) is 2. The molecule has 2 amide bonds. The van der Waals surface area contributed by atoms with E-state index in [0.29, 0.717) is 39.5 Å². The normalized spacial score (nSPS) is 10.3. The number of benzene rings is 2. The zero-order valence-electron chi connectivity index (χ0n) is 16.9. The first-order chi connectivity index (χ1) is 14.7. The van der Waals surface area contributed by atoms with Crippen LogP contribution >= 0.6 is 0 Å². The van der Waals surface area contributed by atoms with Gasteiger partial charge in [-0.05, 0) is 11.1 Å². The molecule has 8 nitrogen and oxygen atoms in total. The first-order valence-electron chi connectivity index (χ1n) is 9.78. The van der Waals surface area contributed by atoms with Crippen LogP contribution < -0.4 is 10.6 Å². The van der Waals surface area contributed by atoms with Crippen LogP contribution in [0.25, 0.3) is 0 Å². The zero-order valence-corrected chi connectivity index (χ0v) is 16.9. The van der Waals surface area contributed by atoms with Gasteiger partial charge in [0, 0.05) is 13.1 Å². The SMILES string of the molecule is O=C(NCCOCCOCCNC(=O)OCc1ccccc1)OCc1ccccc1. The molecule has 0 fully saturated rings. The van der Waals surface area contributed by atoms with Crippen LogP contribution in [-0.2, 0) is 32.2 Å². The van der Waals surface area contributed by atoms with E-state index in [0.717, 1.165) is 11.1 Å². The molecule has 0 heterocycles. The second-order valence-electron chi connectivity index (χ2n) is 6.20. The fourth-order valence-electron chi connectivity index (χ4n) is 2.32. The maximum absolute atomic E-state index is 11.5. The first kappa shape index (κ1) is 23.2. The summed E-state index contributed by atoms with van der Waals surface area (Å²) >= 11 is 0. The molecule has 30 heavy (non-hydrogen) atoms. The van der Waals surface area contributed by atoms with Crippen LogP contribution in [0.5, 0.6) is 0 Å². The van der Waals surface area contributed by atoms with Crippen molar-refractivity contribution in [1.29, 1.82) is 0 Å². The molecule has 0 atom stereocenters. The molecule has 0 aromatic heterocycles. The monoisotopic (exact) mass is 416 g/mol. The third-order valence-corrected chi connectivity index (χ3v) is 3.83. The Morgan fingerprint density at radius 1 is 0.600 bits per heavy atom. The summed E-state index contributed by atoms with van der Waals surface area (Å²) in [7, 11) is 0. The number of amides is 2. The predicted octanol–water partition coefficient (Wildman–Crippen LogP) is 2.87. The Bertz CT molecular complexity index is 663. The predicted molar refractivity (Wildman–Crippen MR) is 111 cm³/mol. The molecule has 0 aliphatic carbocycles. The minimum absolute atomic E-state index is 0.231. The molecule has 0 aliphatic rings. The lowest BCUT2D eigenvalue weighted by atomic mass is 10.2. The second kappa shape index (κ2) is 14.8. The Hall–Kier alpha value is -3.10. The van der Waals surface area contributed by atoms with Crippen molar-refractivity contribution in [2.45, 2.75) is 13.2 Å². The molecule has 0 aliphatic heterocycles. The highest BCUT2D eigenvalue weighted by Crippen LogP contribution is 2.01. The minimum atomic E-state index is -0.482. The fraction of sp³-hybridized carbons (Fsp3) is 0.364. The molecular weight excluding hydrogens is 388 g/mol. The van der Waals surface area contributed by atoms with Gasteiger partial charge in [0.1, 0.15) is 13.2 Å². The van der Waals surface area contributed by atoms with Gasteiger partial charge in [-0.2, -0.15) is 0 Å². The standard InChI is InChI=1S/C22H28N2O6/c25-21(29-17-19-7-3-1-4-8-19)23-11-13-27-15-16-28-14-12-24-22(26)30-18-20-9-5-2-6-10-20/h1-10H,11-18H2,(H,23,25)(H,24,26). The number of nitrogens with one attached hydrogen (secondary N) is 2. The highest BCUT2D eigenvalue weighted by atomic mass is 16.6. The minimum Gasteiger partial charge on any atom is -0.445 e. The van der Waals surface area contributed by atoms with Gasteiger partial charge < -0.3 is 29.6 Å². The Morgan fingerprint density at radius 3 is 1.40 bits per heavy atom. The quantitative estimate of drug-likeness (QED) is 0.488. The van der Waals surface area contributed by atoms with Crippen LogP contribution in [0.2, 0.25) is 0 Å². The van der Waals surface area contributed by atoms with Gasteiger partial charge in [-0.1, -0.05) is 60.7 Å². The van der Waals surface area contributed by atoms with Crippen LogP contribution in [-0.4, -0.2) is 51.7 Å². The van der Waals surface area contributed by atoms with Gasteiger partial charge >= 0.3 is 12.2 Å². The summed E-state index contributed by atoms with van der Waals surface area (Å²) in [6, 6.07) is 18.9. The largest absolute Gasteiger partial charge is 0.445 e. The van der Waals surface area contributed by atoms with Gasteiger partial charge in [-0.3, -0.25) is 0 Å². The van der Waals surface area contributed by atoms with E-state index in [9.17, 15) is 9.59 Å². The van der Waals surface area contributed by atoms with Crippen LogP contribution in [0.4, 0.5) is 9.59 Å². The summed E-state index contributed by atoms with van der Waals surface area (Å²) in [6.07, 6.45) is -0.965. The number of rotatable bonds is 13. The number of hydrogen-bond acceptors (Lipinski definition) is 6. The van der Waals surface area contributed by atoms with Crippen molar-refractivity contribution < 1.29 is 28.5 Å². The maximum atomic E-state index is 11.5. The number of carbonyl (C=O) groups excluding carboxylic acids is 2. The third kappa shape index (κ3) is 11.0. The molecule has 0 saturated heterocycles. The highest BCUT2D eigenvalue weighted by Gasteiger charge is 2.03. The molecule has 0 spiro atoms. The summed E-state index contributed by atoms with van der Waals surface area (Å²) in [5, 5.41) is 5.22. The van der Waals surface area contributed by atoms with Crippen molar-refractivity contribution in [3.8, 4) is 0 Å². The summed E-state index contributed by atoms with van der Waals surface area (Å²) in [4.78, 5) is 23.1. The zero-order chi connectivity index (χ0) is 21.3. The Balaban J connectivity index is 1.34. The maximum Gasteiger partial charge on any atom is 0.407 e. The van der Waals surface area contributed by atoms with Gasteiger partial charge in [0.15, 0.2) is 0 Å². The molecule has 0 bridgehead atoms. The molecule has 162 valence electrons. The van der Waals surface area contributed by atoms with Crippen molar-refractivity contribution in [3.63, 3.8) is 0 Å². The lowest BCUT2D eigenvalue weighted by Crippen LogP contribution is -2.29. The van der Waals surface area contributed by atoms with E-state index in [2.05, 4.69) is 10.6 Å². The van der Waals surface area contributed by atoms with Crippen LogP contribution in [0, 0.1) is 0 Å². The van der Waals surface area contributed by atoms with Gasteiger partial charge in [0.05, 0.1) is 26.4 Å². The van der Waals surface area contributed by atoms with Crippen molar-refractivity contribution in [1.82, 2.24) is 10.6 Å². The Kier molecular flexibility index (Phi) is 11.5.